The zero-order chi connectivity index (χ0) is 31.7. The van der Waals surface area contributed by atoms with Crippen molar-refractivity contribution < 1.29 is 73.1 Å². The molecule has 3 rings (SSSR count). The van der Waals surface area contributed by atoms with E-state index in [1.165, 1.54) is 26.3 Å². The number of aromatic hydroxyl groups is 2. The summed E-state index contributed by atoms with van der Waals surface area (Å²) in [6.45, 7) is 4.68. The minimum atomic E-state index is -4.55. The first-order valence-electron chi connectivity index (χ1n) is 12.0. The van der Waals surface area contributed by atoms with Gasteiger partial charge in [0.1, 0.15) is 11.5 Å². The van der Waals surface area contributed by atoms with Gasteiger partial charge in [0.15, 0.2) is 0 Å². The van der Waals surface area contributed by atoms with E-state index < -0.39 is 35.4 Å². The summed E-state index contributed by atoms with van der Waals surface area (Å²) < 4.78 is 78.1. The molecule has 0 heterocycles. The third-order valence-electron chi connectivity index (χ3n) is 5.54. The first-order chi connectivity index (χ1) is 18.7. The van der Waals surface area contributed by atoms with Crippen molar-refractivity contribution in [2.24, 2.45) is 9.98 Å². The molecular formula is C27H28CoF6N2O6. The number of aliphatic imine (C=N–C) groups is 2. The van der Waals surface area contributed by atoms with Gasteiger partial charge in [-0.15, -0.1) is 0 Å². The molecule has 0 aliphatic heterocycles. The van der Waals surface area contributed by atoms with Crippen LogP contribution < -0.4 is 10.2 Å². The molecule has 8 nitrogen and oxygen atoms in total. The number of carboxylic acids is 2. The molecule has 1 radical (unpaired) electrons. The third-order valence-corrected chi connectivity index (χ3v) is 5.54. The van der Waals surface area contributed by atoms with Crippen molar-refractivity contribution >= 4 is 24.4 Å². The Kier molecular flexibility index (Phi) is 14.8. The van der Waals surface area contributed by atoms with Gasteiger partial charge in [0, 0.05) is 35.5 Å². The van der Waals surface area contributed by atoms with Gasteiger partial charge in [-0.2, -0.15) is 26.3 Å². The first kappa shape index (κ1) is 38.4. The number of hydrogen-bond donors (Lipinski definition) is 2. The van der Waals surface area contributed by atoms with Gasteiger partial charge >= 0.3 is 29.1 Å². The van der Waals surface area contributed by atoms with Crippen LogP contribution in [0, 0.1) is 13.8 Å². The number of halogens is 6. The van der Waals surface area contributed by atoms with Crippen LogP contribution in [0.5, 0.6) is 11.5 Å². The molecular weight excluding hydrogens is 621 g/mol. The van der Waals surface area contributed by atoms with E-state index in [1.807, 2.05) is 0 Å². The molecule has 233 valence electrons. The van der Waals surface area contributed by atoms with Crippen molar-refractivity contribution in [1.29, 1.82) is 0 Å². The Labute approximate surface area is 248 Å². The van der Waals surface area contributed by atoms with Gasteiger partial charge < -0.3 is 30.0 Å². The van der Waals surface area contributed by atoms with Gasteiger partial charge in [0.05, 0.1) is 23.2 Å². The zero-order valence-corrected chi connectivity index (χ0v) is 23.8. The summed E-state index contributed by atoms with van der Waals surface area (Å²) in [6.07, 6.45) is -5.12. The molecule has 2 unspecified atom stereocenters. The Morgan fingerprint density at radius 1 is 0.762 bits per heavy atom. The molecule has 1 aliphatic carbocycles. The van der Waals surface area contributed by atoms with Crippen LogP contribution in [0.1, 0.15) is 66.5 Å². The second-order valence-electron chi connectivity index (χ2n) is 9.12. The van der Waals surface area contributed by atoms with E-state index in [9.17, 15) is 36.6 Å². The number of hydrogen-bond acceptors (Lipinski definition) is 8. The van der Waals surface area contributed by atoms with Gasteiger partial charge in [-0.25, -0.2) is 0 Å². The van der Waals surface area contributed by atoms with E-state index in [0.29, 0.717) is 19.3 Å². The van der Waals surface area contributed by atoms with E-state index in [-0.39, 0.29) is 62.6 Å². The van der Waals surface area contributed by atoms with Gasteiger partial charge in [0.2, 0.25) is 0 Å². The molecule has 0 spiro atoms. The van der Waals surface area contributed by atoms with Crippen LogP contribution in [0.4, 0.5) is 26.3 Å². The van der Waals surface area contributed by atoms with Crippen LogP contribution in [-0.2, 0) is 38.7 Å². The van der Waals surface area contributed by atoms with Crippen molar-refractivity contribution in [3.05, 3.63) is 57.6 Å². The molecule has 0 bridgehead atoms. The maximum atomic E-state index is 13.0. The summed E-state index contributed by atoms with van der Waals surface area (Å²) in [5.74, 6) is -2.73. The quantitative estimate of drug-likeness (QED) is 0.382. The van der Waals surface area contributed by atoms with Crippen molar-refractivity contribution in [3.8, 4) is 11.5 Å². The van der Waals surface area contributed by atoms with E-state index in [4.69, 9.17) is 19.8 Å². The number of alkyl halides is 6. The average Bonchev–Trinajstić information content (AvgIpc) is 3.26. The number of aliphatic carboxylic acids is 2. The Balaban J connectivity index is 0.00000166. The number of phenolic OH excluding ortho intramolecular Hbond substituents is 2. The number of phenols is 2. The average molecular weight is 649 g/mol. The Hall–Kier alpha value is -3.59. The topological polar surface area (TPSA) is 145 Å². The molecule has 2 atom stereocenters. The molecule has 0 saturated heterocycles. The summed E-state index contributed by atoms with van der Waals surface area (Å²) >= 11 is 0. The zero-order valence-electron chi connectivity index (χ0n) is 22.8. The number of carboxylic acid groups (broad SMARTS) is 2. The number of aryl methyl sites for hydroxylation is 2. The minimum Gasteiger partial charge on any atom is -0.550 e. The van der Waals surface area contributed by atoms with Crippen LogP contribution >= 0.6 is 0 Å². The maximum Gasteiger partial charge on any atom is 2.00 e. The van der Waals surface area contributed by atoms with Crippen LogP contribution in [0.15, 0.2) is 34.3 Å². The van der Waals surface area contributed by atoms with Gasteiger partial charge in [-0.3, -0.25) is 9.98 Å². The fourth-order valence-corrected chi connectivity index (χ4v) is 3.71. The van der Waals surface area contributed by atoms with Crippen LogP contribution in [0.25, 0.3) is 0 Å². The number of carbonyl (C=O) groups excluding carboxylic acids is 2. The largest absolute Gasteiger partial charge is 2.00 e. The molecule has 42 heavy (non-hydrogen) atoms. The molecule has 2 aromatic rings. The standard InChI is InChI=1S/C23H22F6N2O2.2C2H4O2.Co/c1-12-5-16(22(24,25)26)7-14(20(12)32)10-30-18-3-4-19(9-18)31-11-15-8-17(23(27,28)29)6-13(2)21(15)33;2*1-2(3)4;/h5-8,10-11,18-19,32-33H,3-4,9H2,1-2H3;2*1H3,(H,3,4);/q;;;+2/p-2. The molecule has 2 aromatic carbocycles. The smallest absolute Gasteiger partial charge is 0.550 e. The number of rotatable bonds is 4. The molecule has 1 fully saturated rings. The summed E-state index contributed by atoms with van der Waals surface area (Å²) in [5, 5.41) is 37.9. The maximum absolute atomic E-state index is 13.0. The first-order valence-corrected chi connectivity index (χ1v) is 12.0. The van der Waals surface area contributed by atoms with Crippen LogP contribution in [-0.4, -0.2) is 46.7 Å². The van der Waals surface area contributed by atoms with Crippen molar-refractivity contribution in [2.45, 2.75) is 71.4 Å². The van der Waals surface area contributed by atoms with Crippen LogP contribution in [0.2, 0.25) is 0 Å². The molecule has 1 aliphatic rings. The molecule has 0 amide bonds. The molecule has 15 heteroatoms. The minimum absolute atomic E-state index is 0. The predicted octanol–water partition coefficient (Wildman–Crippen LogP) is 3.72. The van der Waals surface area contributed by atoms with Crippen molar-refractivity contribution in [1.82, 2.24) is 0 Å². The normalized spacial score (nSPS) is 16.7. The van der Waals surface area contributed by atoms with Gasteiger partial charge in [0.25, 0.3) is 0 Å². The van der Waals surface area contributed by atoms with E-state index in [2.05, 4.69) is 9.98 Å². The summed E-state index contributed by atoms with van der Waals surface area (Å²) in [7, 11) is 0. The van der Waals surface area contributed by atoms with Crippen LogP contribution in [0.3, 0.4) is 0 Å². The number of carbonyl (C=O) groups is 2. The molecule has 0 aromatic heterocycles. The number of nitrogens with zero attached hydrogens (tertiary/aromatic N) is 2. The van der Waals surface area contributed by atoms with Crippen molar-refractivity contribution in [2.75, 3.05) is 0 Å². The second-order valence-corrected chi connectivity index (χ2v) is 9.12. The van der Waals surface area contributed by atoms with Gasteiger partial charge in [-0.05, 0) is 82.3 Å². The fraction of sp³-hybridized carbons (Fsp3) is 0.407. The Bertz CT molecular complexity index is 1190. The SMILES string of the molecule is CC(=O)[O-].CC(=O)[O-].Cc1cc(C(F)(F)F)cc(C=NC2CCC(N=Cc3cc(C(F)(F)F)cc(C)c3O)C2)c1O.[Co+2]. The van der Waals surface area contributed by atoms with E-state index in [0.717, 1.165) is 38.1 Å². The van der Waals surface area contributed by atoms with Gasteiger partial charge in [-0.1, -0.05) is 0 Å². The summed E-state index contributed by atoms with van der Waals surface area (Å²) in [6, 6.07) is 2.84. The summed E-state index contributed by atoms with van der Waals surface area (Å²) in [4.78, 5) is 26.3. The van der Waals surface area contributed by atoms with Crippen molar-refractivity contribution in [3.63, 3.8) is 0 Å². The second kappa shape index (κ2) is 16.2. The summed E-state index contributed by atoms with van der Waals surface area (Å²) in [5.41, 5.74) is -1.70. The fourth-order valence-electron chi connectivity index (χ4n) is 3.71. The predicted molar refractivity (Wildman–Crippen MR) is 134 cm³/mol. The Morgan fingerprint density at radius 2 is 1.05 bits per heavy atom. The monoisotopic (exact) mass is 649 g/mol. The Morgan fingerprint density at radius 3 is 1.31 bits per heavy atom. The molecule has 1 saturated carbocycles. The number of benzene rings is 2. The van der Waals surface area contributed by atoms with E-state index >= 15 is 0 Å². The third kappa shape index (κ3) is 12.9. The molecule has 2 N–H and O–H groups in total. The van der Waals surface area contributed by atoms with E-state index in [1.54, 1.807) is 0 Å².